The maximum Gasteiger partial charge on any atom is 0.339 e. The van der Waals surface area contributed by atoms with Crippen LogP contribution in [0.15, 0.2) is 35.2 Å². The van der Waals surface area contributed by atoms with E-state index in [1.807, 2.05) is 0 Å². The molecule has 0 fully saturated rings. The summed E-state index contributed by atoms with van der Waals surface area (Å²) in [7, 11) is -3.85. The van der Waals surface area contributed by atoms with Crippen LogP contribution in [-0.4, -0.2) is 18.4 Å². The lowest BCUT2D eigenvalue weighted by molar-refractivity contribution is 0.478. The molecule has 0 unspecified atom stereocenters. The van der Waals surface area contributed by atoms with E-state index in [2.05, 4.69) is 9.97 Å². The Morgan fingerprint density at radius 2 is 1.47 bits per heavy atom. The summed E-state index contributed by atoms with van der Waals surface area (Å²) in [6.45, 7) is 5.13. The molecule has 0 aliphatic rings. The molecule has 2 aromatic rings. The number of benzene rings is 1. The molecule has 0 radical (unpaired) electrons. The van der Waals surface area contributed by atoms with Gasteiger partial charge in [-0.25, -0.2) is 9.97 Å². The van der Waals surface area contributed by atoms with E-state index in [1.54, 1.807) is 39.0 Å². The molecular formula is C13H14N2O3S. The van der Waals surface area contributed by atoms with Gasteiger partial charge < -0.3 is 4.18 Å². The molecule has 0 saturated carbocycles. The summed E-state index contributed by atoms with van der Waals surface area (Å²) in [5.74, 6) is 0.772. The van der Waals surface area contributed by atoms with Crippen molar-refractivity contribution < 1.29 is 12.6 Å². The van der Waals surface area contributed by atoms with Gasteiger partial charge in [-0.3, -0.25) is 0 Å². The van der Waals surface area contributed by atoms with Crippen molar-refractivity contribution in [3.63, 3.8) is 0 Å². The first kappa shape index (κ1) is 13.5. The van der Waals surface area contributed by atoms with Gasteiger partial charge in [0.1, 0.15) is 10.7 Å². The molecule has 0 aliphatic carbocycles. The minimum Gasteiger partial charge on any atom is -0.375 e. The van der Waals surface area contributed by atoms with Crippen LogP contribution in [-0.2, 0) is 10.1 Å². The van der Waals surface area contributed by atoms with Crippen LogP contribution in [0.5, 0.6) is 5.75 Å². The fourth-order valence-electron chi connectivity index (χ4n) is 1.74. The van der Waals surface area contributed by atoms with Gasteiger partial charge in [0.15, 0.2) is 5.75 Å². The van der Waals surface area contributed by atoms with E-state index >= 15 is 0 Å². The third kappa shape index (κ3) is 2.90. The van der Waals surface area contributed by atoms with Crippen LogP contribution in [0.3, 0.4) is 0 Å². The molecule has 5 nitrogen and oxygen atoms in total. The van der Waals surface area contributed by atoms with E-state index in [0.717, 1.165) is 0 Å². The van der Waals surface area contributed by atoms with Crippen molar-refractivity contribution in [2.45, 2.75) is 25.7 Å². The summed E-state index contributed by atoms with van der Waals surface area (Å²) in [6, 6.07) is 7.98. The molecule has 0 aliphatic heterocycles. The van der Waals surface area contributed by atoms with Crippen LogP contribution < -0.4 is 4.18 Å². The van der Waals surface area contributed by atoms with Crippen molar-refractivity contribution in [3.05, 3.63) is 47.5 Å². The fraction of sp³-hybridized carbons (Fsp3) is 0.231. The lowest BCUT2D eigenvalue weighted by Gasteiger charge is -2.11. The molecular weight excluding hydrogens is 264 g/mol. The molecule has 0 N–H and O–H groups in total. The lowest BCUT2D eigenvalue weighted by atomic mass is 10.3. The number of aromatic nitrogens is 2. The minimum atomic E-state index is -3.85. The first-order valence-electron chi connectivity index (χ1n) is 5.71. The Kier molecular flexibility index (Phi) is 3.53. The molecule has 0 amide bonds. The first-order valence-corrected chi connectivity index (χ1v) is 7.12. The largest absolute Gasteiger partial charge is 0.375 e. The van der Waals surface area contributed by atoms with Crippen molar-refractivity contribution in [1.29, 1.82) is 0 Å². The lowest BCUT2D eigenvalue weighted by Crippen LogP contribution is -2.12. The fourth-order valence-corrected chi connectivity index (χ4v) is 2.79. The molecule has 100 valence electrons. The van der Waals surface area contributed by atoms with Crippen molar-refractivity contribution >= 4 is 10.1 Å². The van der Waals surface area contributed by atoms with E-state index in [1.165, 1.54) is 12.1 Å². The molecule has 0 atom stereocenters. The highest BCUT2D eigenvalue weighted by Crippen LogP contribution is 2.24. The van der Waals surface area contributed by atoms with Gasteiger partial charge >= 0.3 is 10.1 Å². The predicted octanol–water partition coefficient (Wildman–Crippen LogP) is 2.17. The minimum absolute atomic E-state index is 0.106. The molecule has 2 rings (SSSR count). The summed E-state index contributed by atoms with van der Waals surface area (Å²) in [4.78, 5) is 8.33. The summed E-state index contributed by atoms with van der Waals surface area (Å²) in [5.41, 5.74) is 1.01. The summed E-state index contributed by atoms with van der Waals surface area (Å²) in [5, 5.41) is 0. The van der Waals surface area contributed by atoms with Crippen molar-refractivity contribution in [1.82, 2.24) is 9.97 Å². The molecule has 1 aromatic heterocycles. The van der Waals surface area contributed by atoms with E-state index in [0.29, 0.717) is 17.2 Å². The Balaban J connectivity index is 2.42. The standard InChI is InChI=1S/C13H14N2O3S/c1-9-13(10(2)15-11(3)14-9)18-19(16,17)12-7-5-4-6-8-12/h4-8H,1-3H3. The van der Waals surface area contributed by atoms with Gasteiger partial charge in [-0.2, -0.15) is 8.42 Å². The van der Waals surface area contributed by atoms with Crippen LogP contribution >= 0.6 is 0 Å². The smallest absolute Gasteiger partial charge is 0.339 e. The van der Waals surface area contributed by atoms with Crippen molar-refractivity contribution in [3.8, 4) is 5.75 Å². The van der Waals surface area contributed by atoms with Gasteiger partial charge in [0.25, 0.3) is 0 Å². The monoisotopic (exact) mass is 278 g/mol. The molecule has 19 heavy (non-hydrogen) atoms. The molecule has 0 spiro atoms. The van der Waals surface area contributed by atoms with Gasteiger partial charge in [0, 0.05) is 0 Å². The zero-order chi connectivity index (χ0) is 14.0. The second-order valence-electron chi connectivity index (χ2n) is 4.12. The first-order chi connectivity index (χ1) is 8.90. The van der Waals surface area contributed by atoms with Crippen LogP contribution in [0.2, 0.25) is 0 Å². The summed E-state index contributed by atoms with van der Waals surface area (Å²) in [6.07, 6.45) is 0. The predicted molar refractivity (Wildman–Crippen MR) is 70.5 cm³/mol. The zero-order valence-electron chi connectivity index (χ0n) is 10.9. The molecule has 6 heteroatoms. The number of nitrogens with zero attached hydrogens (tertiary/aromatic N) is 2. The second-order valence-corrected chi connectivity index (χ2v) is 5.67. The van der Waals surface area contributed by atoms with Gasteiger partial charge in [0.2, 0.25) is 0 Å². The van der Waals surface area contributed by atoms with Gasteiger partial charge in [-0.1, -0.05) is 18.2 Å². The number of hydrogen-bond donors (Lipinski definition) is 0. The Bertz CT molecular complexity index is 674. The maximum atomic E-state index is 12.1. The SMILES string of the molecule is Cc1nc(C)c(OS(=O)(=O)c2ccccc2)c(C)n1. The Morgan fingerprint density at radius 1 is 0.947 bits per heavy atom. The topological polar surface area (TPSA) is 69.2 Å². The van der Waals surface area contributed by atoms with Crippen LogP contribution in [0, 0.1) is 20.8 Å². The molecule has 1 heterocycles. The van der Waals surface area contributed by atoms with Gasteiger partial charge in [-0.05, 0) is 32.9 Å². The second kappa shape index (κ2) is 4.97. The number of hydrogen-bond acceptors (Lipinski definition) is 5. The highest BCUT2D eigenvalue weighted by molar-refractivity contribution is 7.87. The Labute approximate surface area is 112 Å². The molecule has 0 saturated heterocycles. The van der Waals surface area contributed by atoms with Crippen molar-refractivity contribution in [2.24, 2.45) is 0 Å². The number of aryl methyl sites for hydroxylation is 3. The van der Waals surface area contributed by atoms with Crippen LogP contribution in [0.25, 0.3) is 0 Å². The quantitative estimate of drug-likeness (QED) is 0.805. The normalized spacial score (nSPS) is 11.3. The molecule has 1 aromatic carbocycles. The third-order valence-electron chi connectivity index (χ3n) is 2.54. The maximum absolute atomic E-state index is 12.1. The van der Waals surface area contributed by atoms with Gasteiger partial charge in [-0.15, -0.1) is 0 Å². The van der Waals surface area contributed by atoms with Gasteiger partial charge in [0.05, 0.1) is 11.4 Å². The van der Waals surface area contributed by atoms with Crippen molar-refractivity contribution in [2.75, 3.05) is 0 Å². The summed E-state index contributed by atoms with van der Waals surface area (Å²) < 4.78 is 29.4. The highest BCUT2D eigenvalue weighted by atomic mass is 32.2. The third-order valence-corrected chi connectivity index (χ3v) is 3.78. The average molecular weight is 278 g/mol. The zero-order valence-corrected chi connectivity index (χ0v) is 11.7. The van der Waals surface area contributed by atoms with E-state index in [9.17, 15) is 8.42 Å². The number of rotatable bonds is 3. The summed E-state index contributed by atoms with van der Waals surface area (Å²) >= 11 is 0. The average Bonchev–Trinajstić information content (AvgIpc) is 2.35. The van der Waals surface area contributed by atoms with E-state index in [-0.39, 0.29) is 10.6 Å². The van der Waals surface area contributed by atoms with E-state index in [4.69, 9.17) is 4.18 Å². The molecule has 0 bridgehead atoms. The van der Waals surface area contributed by atoms with E-state index < -0.39 is 10.1 Å². The highest BCUT2D eigenvalue weighted by Gasteiger charge is 2.20. The Morgan fingerprint density at radius 3 is 2.00 bits per heavy atom. The Hall–Kier alpha value is -1.95. The van der Waals surface area contributed by atoms with Crippen LogP contribution in [0.4, 0.5) is 0 Å². The van der Waals surface area contributed by atoms with Crippen LogP contribution in [0.1, 0.15) is 17.2 Å².